The van der Waals surface area contributed by atoms with Crippen LogP contribution in [0.3, 0.4) is 0 Å². The Morgan fingerprint density at radius 1 is 1.11 bits per heavy atom. The number of aromatic nitrogens is 1. The van der Waals surface area contributed by atoms with Crippen molar-refractivity contribution < 1.29 is 4.74 Å². The van der Waals surface area contributed by atoms with Gasteiger partial charge in [0.2, 0.25) is 0 Å². The first kappa shape index (κ1) is 13.8. The van der Waals surface area contributed by atoms with Crippen molar-refractivity contribution in [2.45, 2.75) is 20.1 Å². The third-order valence-electron chi connectivity index (χ3n) is 2.76. The molecule has 0 radical (unpaired) electrons. The quantitative estimate of drug-likeness (QED) is 0.813. The molecule has 0 saturated heterocycles. The lowest BCUT2D eigenvalue weighted by atomic mass is 10.1. The zero-order chi connectivity index (χ0) is 13.5. The molecule has 0 unspecified atom stereocenters. The van der Waals surface area contributed by atoms with Gasteiger partial charge in [0.05, 0.1) is 6.61 Å². The number of benzene rings is 1. The second kappa shape index (κ2) is 7.12. The maximum absolute atomic E-state index is 5.86. The van der Waals surface area contributed by atoms with E-state index in [0.29, 0.717) is 18.3 Å². The van der Waals surface area contributed by atoms with Gasteiger partial charge < -0.3 is 10.1 Å². The highest BCUT2D eigenvalue weighted by atomic mass is 35.5. The average molecular weight is 277 g/mol. The van der Waals surface area contributed by atoms with Crippen molar-refractivity contribution in [1.82, 2.24) is 4.98 Å². The molecule has 4 heteroatoms. The van der Waals surface area contributed by atoms with Gasteiger partial charge >= 0.3 is 0 Å². The van der Waals surface area contributed by atoms with E-state index in [1.54, 1.807) is 6.07 Å². The van der Waals surface area contributed by atoms with E-state index >= 15 is 0 Å². The van der Waals surface area contributed by atoms with Crippen LogP contribution < -0.4 is 5.32 Å². The van der Waals surface area contributed by atoms with Crippen LogP contribution in [0.2, 0.25) is 5.15 Å². The number of ether oxygens (including phenoxy) is 1. The van der Waals surface area contributed by atoms with Gasteiger partial charge in [0.15, 0.2) is 0 Å². The van der Waals surface area contributed by atoms with Gasteiger partial charge in [0.1, 0.15) is 11.0 Å². The highest BCUT2D eigenvalue weighted by molar-refractivity contribution is 6.29. The second-order valence-corrected chi connectivity index (χ2v) is 4.49. The van der Waals surface area contributed by atoms with Gasteiger partial charge in [-0.15, -0.1) is 0 Å². The van der Waals surface area contributed by atoms with E-state index in [-0.39, 0.29) is 0 Å². The molecule has 0 amide bonds. The van der Waals surface area contributed by atoms with Crippen LogP contribution in [-0.2, 0) is 17.9 Å². The molecular weight excluding hydrogens is 260 g/mol. The summed E-state index contributed by atoms with van der Waals surface area (Å²) in [6, 6.07) is 13.8. The Morgan fingerprint density at radius 3 is 2.63 bits per heavy atom. The SMILES string of the molecule is CCOCc1ccccc1CNc1cccc(Cl)n1. The molecule has 0 atom stereocenters. The van der Waals surface area contributed by atoms with Crippen LogP contribution in [0.4, 0.5) is 5.82 Å². The first-order valence-electron chi connectivity index (χ1n) is 6.30. The molecule has 100 valence electrons. The highest BCUT2D eigenvalue weighted by Crippen LogP contribution is 2.14. The second-order valence-electron chi connectivity index (χ2n) is 4.10. The van der Waals surface area contributed by atoms with Crippen LogP contribution in [0.15, 0.2) is 42.5 Å². The molecule has 1 aromatic heterocycles. The first-order chi connectivity index (χ1) is 9.29. The number of halogens is 1. The molecule has 1 aromatic carbocycles. The van der Waals surface area contributed by atoms with Crippen molar-refractivity contribution in [3.8, 4) is 0 Å². The lowest BCUT2D eigenvalue weighted by Gasteiger charge is -2.11. The number of anilines is 1. The number of nitrogens with zero attached hydrogens (tertiary/aromatic N) is 1. The lowest BCUT2D eigenvalue weighted by molar-refractivity contribution is 0.133. The van der Waals surface area contributed by atoms with E-state index < -0.39 is 0 Å². The summed E-state index contributed by atoms with van der Waals surface area (Å²) in [6.07, 6.45) is 0. The van der Waals surface area contributed by atoms with Gasteiger partial charge in [0, 0.05) is 13.2 Å². The van der Waals surface area contributed by atoms with Gasteiger partial charge in [0.25, 0.3) is 0 Å². The molecule has 0 aliphatic heterocycles. The molecular formula is C15H17ClN2O. The Bertz CT molecular complexity index is 531. The predicted molar refractivity (Wildman–Crippen MR) is 78.3 cm³/mol. The summed E-state index contributed by atoms with van der Waals surface area (Å²) in [7, 11) is 0. The number of pyridine rings is 1. The third kappa shape index (κ3) is 4.23. The van der Waals surface area contributed by atoms with Gasteiger partial charge in [-0.2, -0.15) is 0 Å². The smallest absolute Gasteiger partial charge is 0.131 e. The summed E-state index contributed by atoms with van der Waals surface area (Å²) in [4.78, 5) is 4.20. The fraction of sp³-hybridized carbons (Fsp3) is 0.267. The predicted octanol–water partition coefficient (Wildman–Crippen LogP) is 3.88. The minimum Gasteiger partial charge on any atom is -0.377 e. The standard InChI is InChI=1S/C15H17ClN2O/c1-2-19-11-13-7-4-3-6-12(13)10-17-15-9-5-8-14(16)18-15/h3-9H,2,10-11H2,1H3,(H,17,18). The summed E-state index contributed by atoms with van der Waals surface area (Å²) in [5.41, 5.74) is 2.40. The van der Waals surface area contributed by atoms with Gasteiger partial charge in [-0.05, 0) is 30.2 Å². The monoisotopic (exact) mass is 276 g/mol. The van der Waals surface area contributed by atoms with Gasteiger partial charge in [-0.1, -0.05) is 41.9 Å². The van der Waals surface area contributed by atoms with Crippen molar-refractivity contribution in [3.05, 3.63) is 58.7 Å². The largest absolute Gasteiger partial charge is 0.377 e. The summed E-state index contributed by atoms with van der Waals surface area (Å²) in [5.74, 6) is 0.777. The lowest BCUT2D eigenvalue weighted by Crippen LogP contribution is -2.05. The number of hydrogen-bond donors (Lipinski definition) is 1. The fourth-order valence-corrected chi connectivity index (χ4v) is 1.94. The van der Waals surface area contributed by atoms with Crippen molar-refractivity contribution in [1.29, 1.82) is 0 Å². The van der Waals surface area contributed by atoms with Crippen LogP contribution in [0.1, 0.15) is 18.1 Å². The maximum Gasteiger partial charge on any atom is 0.131 e. The molecule has 0 saturated carbocycles. The normalized spacial score (nSPS) is 10.4. The van der Waals surface area contributed by atoms with E-state index in [1.165, 1.54) is 11.1 Å². The Balaban J connectivity index is 2.02. The molecule has 1 N–H and O–H groups in total. The van der Waals surface area contributed by atoms with E-state index in [0.717, 1.165) is 12.4 Å². The molecule has 0 bridgehead atoms. The van der Waals surface area contributed by atoms with Crippen LogP contribution in [0.5, 0.6) is 0 Å². The van der Waals surface area contributed by atoms with Crippen molar-refractivity contribution in [2.75, 3.05) is 11.9 Å². The summed E-state index contributed by atoms with van der Waals surface area (Å²) in [6.45, 7) is 4.06. The molecule has 0 spiro atoms. The van der Waals surface area contributed by atoms with E-state index in [2.05, 4.69) is 22.4 Å². The number of nitrogens with one attached hydrogen (secondary N) is 1. The van der Waals surface area contributed by atoms with Crippen LogP contribution in [-0.4, -0.2) is 11.6 Å². The van der Waals surface area contributed by atoms with E-state index in [9.17, 15) is 0 Å². The third-order valence-corrected chi connectivity index (χ3v) is 2.97. The van der Waals surface area contributed by atoms with E-state index in [4.69, 9.17) is 16.3 Å². The first-order valence-corrected chi connectivity index (χ1v) is 6.68. The van der Waals surface area contributed by atoms with Crippen molar-refractivity contribution >= 4 is 17.4 Å². The fourth-order valence-electron chi connectivity index (χ4n) is 1.78. The minimum absolute atomic E-state index is 0.493. The summed E-state index contributed by atoms with van der Waals surface area (Å²) < 4.78 is 5.47. The summed E-state index contributed by atoms with van der Waals surface area (Å²) >= 11 is 5.86. The van der Waals surface area contributed by atoms with Crippen molar-refractivity contribution in [3.63, 3.8) is 0 Å². The van der Waals surface area contributed by atoms with Gasteiger partial charge in [-0.3, -0.25) is 0 Å². The zero-order valence-corrected chi connectivity index (χ0v) is 11.7. The molecule has 0 aliphatic carbocycles. The molecule has 1 heterocycles. The molecule has 0 aliphatic rings. The van der Waals surface area contributed by atoms with Gasteiger partial charge in [-0.25, -0.2) is 4.98 Å². The maximum atomic E-state index is 5.86. The van der Waals surface area contributed by atoms with Crippen LogP contribution >= 0.6 is 11.6 Å². The molecule has 3 nitrogen and oxygen atoms in total. The topological polar surface area (TPSA) is 34.1 Å². The minimum atomic E-state index is 0.493. The molecule has 2 rings (SSSR count). The summed E-state index contributed by atoms with van der Waals surface area (Å²) in [5, 5.41) is 3.76. The highest BCUT2D eigenvalue weighted by Gasteiger charge is 2.02. The zero-order valence-electron chi connectivity index (χ0n) is 10.9. The van der Waals surface area contributed by atoms with Crippen molar-refractivity contribution in [2.24, 2.45) is 0 Å². The number of hydrogen-bond acceptors (Lipinski definition) is 3. The van der Waals surface area contributed by atoms with Crippen LogP contribution in [0, 0.1) is 0 Å². The Morgan fingerprint density at radius 2 is 1.89 bits per heavy atom. The molecule has 0 fully saturated rings. The average Bonchev–Trinajstić information content (AvgIpc) is 2.44. The Kier molecular flexibility index (Phi) is 5.19. The molecule has 19 heavy (non-hydrogen) atoms. The Labute approximate surface area is 118 Å². The number of rotatable bonds is 6. The van der Waals surface area contributed by atoms with E-state index in [1.807, 2.05) is 31.2 Å². The molecule has 2 aromatic rings. The van der Waals surface area contributed by atoms with Crippen LogP contribution in [0.25, 0.3) is 0 Å². The Hall–Kier alpha value is -1.58.